The van der Waals surface area contributed by atoms with E-state index < -0.39 is 0 Å². The van der Waals surface area contributed by atoms with Crippen LogP contribution in [0.3, 0.4) is 0 Å². The summed E-state index contributed by atoms with van der Waals surface area (Å²) in [6, 6.07) is 10.3. The van der Waals surface area contributed by atoms with Crippen LogP contribution in [0.2, 0.25) is 5.02 Å². The molecule has 2 aromatic rings. The summed E-state index contributed by atoms with van der Waals surface area (Å²) < 4.78 is 14.7. The Hall–Kier alpha value is -1.10. The molecule has 1 atom stereocenters. The molecule has 0 saturated carbocycles. The van der Waals surface area contributed by atoms with Gasteiger partial charge in [0.15, 0.2) is 0 Å². The normalized spacial score (nSPS) is 12.2. The minimum absolute atomic E-state index is 0.282. The standard InChI is InChI=1S/C15H15BrClFN2/c1-9-2-4-11(7-13(9)17)20-15(8-19)12-5-3-10(16)6-14(12)18/h2-7,15,20H,8,19H2,1H3. The zero-order valence-electron chi connectivity index (χ0n) is 11.0. The van der Waals surface area contributed by atoms with Crippen molar-refractivity contribution in [1.82, 2.24) is 0 Å². The van der Waals surface area contributed by atoms with Gasteiger partial charge in [0.1, 0.15) is 5.82 Å². The fraction of sp³-hybridized carbons (Fsp3) is 0.200. The van der Waals surface area contributed by atoms with Crippen LogP contribution in [0.15, 0.2) is 40.9 Å². The zero-order valence-corrected chi connectivity index (χ0v) is 13.3. The van der Waals surface area contributed by atoms with Crippen molar-refractivity contribution in [2.24, 2.45) is 5.73 Å². The number of hydrogen-bond acceptors (Lipinski definition) is 2. The molecule has 0 aliphatic rings. The molecule has 2 nitrogen and oxygen atoms in total. The van der Waals surface area contributed by atoms with E-state index in [4.69, 9.17) is 17.3 Å². The Labute approximate surface area is 131 Å². The van der Waals surface area contributed by atoms with E-state index in [2.05, 4.69) is 21.2 Å². The molecule has 20 heavy (non-hydrogen) atoms. The molecule has 0 saturated heterocycles. The van der Waals surface area contributed by atoms with Crippen LogP contribution in [-0.2, 0) is 0 Å². The molecule has 2 aromatic carbocycles. The molecule has 0 heterocycles. The highest BCUT2D eigenvalue weighted by Crippen LogP contribution is 2.26. The van der Waals surface area contributed by atoms with Gasteiger partial charge in [0, 0.05) is 27.3 Å². The summed E-state index contributed by atoms with van der Waals surface area (Å²) in [4.78, 5) is 0. The highest BCUT2D eigenvalue weighted by atomic mass is 79.9. The van der Waals surface area contributed by atoms with E-state index in [0.29, 0.717) is 15.1 Å². The number of benzene rings is 2. The first-order valence-electron chi connectivity index (χ1n) is 6.19. The summed E-state index contributed by atoms with van der Waals surface area (Å²) in [6.07, 6.45) is 0. The smallest absolute Gasteiger partial charge is 0.129 e. The van der Waals surface area contributed by atoms with Crippen molar-refractivity contribution < 1.29 is 4.39 Å². The molecular weight excluding hydrogens is 343 g/mol. The average molecular weight is 358 g/mol. The number of halogens is 3. The van der Waals surface area contributed by atoms with E-state index in [1.165, 1.54) is 6.07 Å². The van der Waals surface area contributed by atoms with Gasteiger partial charge in [0.2, 0.25) is 0 Å². The summed E-state index contributed by atoms with van der Waals surface area (Å²) in [5.74, 6) is -0.291. The van der Waals surface area contributed by atoms with E-state index in [1.807, 2.05) is 25.1 Å². The lowest BCUT2D eigenvalue weighted by Gasteiger charge is -2.20. The molecule has 1 unspecified atom stereocenters. The maximum atomic E-state index is 14.0. The third-order valence-electron chi connectivity index (χ3n) is 3.09. The van der Waals surface area contributed by atoms with Gasteiger partial charge in [-0.2, -0.15) is 0 Å². The lowest BCUT2D eigenvalue weighted by atomic mass is 10.1. The molecule has 0 aromatic heterocycles. The molecule has 0 aliphatic carbocycles. The van der Waals surface area contributed by atoms with Crippen LogP contribution in [0.5, 0.6) is 0 Å². The third kappa shape index (κ3) is 3.51. The Morgan fingerprint density at radius 3 is 2.65 bits per heavy atom. The summed E-state index contributed by atoms with van der Waals surface area (Å²) in [5, 5.41) is 3.88. The Balaban J connectivity index is 2.26. The average Bonchev–Trinajstić information content (AvgIpc) is 2.41. The monoisotopic (exact) mass is 356 g/mol. The number of nitrogens with two attached hydrogens (primary N) is 1. The molecule has 0 fully saturated rings. The van der Waals surface area contributed by atoms with E-state index in [-0.39, 0.29) is 18.4 Å². The predicted molar refractivity (Wildman–Crippen MR) is 85.7 cm³/mol. The van der Waals surface area contributed by atoms with Crippen LogP contribution in [0.25, 0.3) is 0 Å². The highest BCUT2D eigenvalue weighted by molar-refractivity contribution is 9.10. The number of rotatable bonds is 4. The summed E-state index contributed by atoms with van der Waals surface area (Å²) in [7, 11) is 0. The fourth-order valence-corrected chi connectivity index (χ4v) is 2.45. The molecule has 106 valence electrons. The van der Waals surface area contributed by atoms with Gasteiger partial charge in [-0.15, -0.1) is 0 Å². The molecule has 0 radical (unpaired) electrons. The van der Waals surface area contributed by atoms with Crippen LogP contribution in [0.1, 0.15) is 17.2 Å². The van der Waals surface area contributed by atoms with Gasteiger partial charge in [0.05, 0.1) is 6.04 Å². The summed E-state index contributed by atoms with van der Waals surface area (Å²) in [6.45, 7) is 2.21. The molecule has 0 aliphatic heterocycles. The SMILES string of the molecule is Cc1ccc(NC(CN)c2ccc(Br)cc2F)cc1Cl. The Bertz CT molecular complexity index is 619. The van der Waals surface area contributed by atoms with Crippen molar-refractivity contribution in [3.8, 4) is 0 Å². The Morgan fingerprint density at radius 1 is 1.30 bits per heavy atom. The fourth-order valence-electron chi connectivity index (χ4n) is 1.93. The van der Waals surface area contributed by atoms with Crippen LogP contribution in [-0.4, -0.2) is 6.54 Å². The largest absolute Gasteiger partial charge is 0.377 e. The maximum absolute atomic E-state index is 14.0. The highest BCUT2D eigenvalue weighted by Gasteiger charge is 2.14. The first kappa shape index (κ1) is 15.3. The van der Waals surface area contributed by atoms with Crippen molar-refractivity contribution in [2.45, 2.75) is 13.0 Å². The number of nitrogens with one attached hydrogen (secondary N) is 1. The lowest BCUT2D eigenvalue weighted by molar-refractivity contribution is 0.592. The quantitative estimate of drug-likeness (QED) is 0.835. The van der Waals surface area contributed by atoms with Gasteiger partial charge in [-0.3, -0.25) is 0 Å². The van der Waals surface area contributed by atoms with Crippen molar-refractivity contribution >= 4 is 33.2 Å². The molecule has 0 spiro atoms. The maximum Gasteiger partial charge on any atom is 0.129 e. The van der Waals surface area contributed by atoms with Crippen LogP contribution in [0, 0.1) is 12.7 Å². The molecule has 0 bridgehead atoms. The van der Waals surface area contributed by atoms with E-state index in [0.717, 1.165) is 11.3 Å². The Morgan fingerprint density at radius 2 is 2.05 bits per heavy atom. The van der Waals surface area contributed by atoms with Gasteiger partial charge in [0.25, 0.3) is 0 Å². The van der Waals surface area contributed by atoms with Gasteiger partial charge >= 0.3 is 0 Å². The van der Waals surface area contributed by atoms with Crippen LogP contribution in [0.4, 0.5) is 10.1 Å². The lowest BCUT2D eigenvalue weighted by Crippen LogP contribution is -2.21. The van der Waals surface area contributed by atoms with Crippen molar-refractivity contribution in [3.05, 3.63) is 62.8 Å². The van der Waals surface area contributed by atoms with Crippen LogP contribution >= 0.6 is 27.5 Å². The molecule has 2 rings (SSSR count). The molecule has 5 heteroatoms. The topological polar surface area (TPSA) is 38.0 Å². The predicted octanol–water partition coefficient (Wildman–Crippen LogP) is 4.66. The Kier molecular flexibility index (Phi) is 5.02. The molecule has 3 N–H and O–H groups in total. The third-order valence-corrected chi connectivity index (χ3v) is 3.99. The van der Waals surface area contributed by atoms with E-state index >= 15 is 0 Å². The minimum atomic E-state index is -0.304. The van der Waals surface area contributed by atoms with Crippen molar-refractivity contribution in [1.29, 1.82) is 0 Å². The van der Waals surface area contributed by atoms with Gasteiger partial charge in [-0.25, -0.2) is 4.39 Å². The summed E-state index contributed by atoms with van der Waals surface area (Å²) >= 11 is 9.33. The first-order valence-corrected chi connectivity index (χ1v) is 7.36. The number of anilines is 1. The molecule has 0 amide bonds. The van der Waals surface area contributed by atoms with Gasteiger partial charge in [-0.05, 0) is 36.8 Å². The second-order valence-electron chi connectivity index (χ2n) is 4.56. The number of hydrogen-bond donors (Lipinski definition) is 2. The van der Waals surface area contributed by atoms with Gasteiger partial charge < -0.3 is 11.1 Å². The van der Waals surface area contributed by atoms with E-state index in [1.54, 1.807) is 12.1 Å². The van der Waals surface area contributed by atoms with Gasteiger partial charge in [-0.1, -0.05) is 39.7 Å². The zero-order chi connectivity index (χ0) is 14.7. The van der Waals surface area contributed by atoms with Crippen molar-refractivity contribution in [3.63, 3.8) is 0 Å². The molecular formula is C15H15BrClFN2. The minimum Gasteiger partial charge on any atom is -0.377 e. The summed E-state index contributed by atoms with van der Waals surface area (Å²) in [5.41, 5.74) is 8.10. The van der Waals surface area contributed by atoms with Crippen molar-refractivity contribution in [2.75, 3.05) is 11.9 Å². The number of aryl methyl sites for hydroxylation is 1. The first-order chi connectivity index (χ1) is 9.51. The second kappa shape index (κ2) is 6.57. The second-order valence-corrected chi connectivity index (χ2v) is 5.89. The van der Waals surface area contributed by atoms with E-state index in [9.17, 15) is 4.39 Å². The van der Waals surface area contributed by atoms with Crippen LogP contribution < -0.4 is 11.1 Å².